The normalized spacial score (nSPS) is 12.7. The highest BCUT2D eigenvalue weighted by Gasteiger charge is 2.34. The van der Waals surface area contributed by atoms with Crippen LogP contribution >= 0.6 is 11.8 Å². The molecule has 5 heteroatoms. The van der Waals surface area contributed by atoms with Crippen molar-refractivity contribution in [2.24, 2.45) is 0 Å². The van der Waals surface area contributed by atoms with Crippen LogP contribution in [0.1, 0.15) is 141 Å². The van der Waals surface area contributed by atoms with E-state index in [4.69, 9.17) is 9.47 Å². The van der Waals surface area contributed by atoms with Crippen molar-refractivity contribution in [2.45, 2.75) is 156 Å². The van der Waals surface area contributed by atoms with Crippen molar-refractivity contribution in [3.05, 3.63) is 80.9 Å². The molecule has 0 radical (unpaired) electrons. The third-order valence-corrected chi connectivity index (χ3v) is 10.9. The molecule has 4 aromatic carbocycles. The molecule has 0 unspecified atom stereocenters. The summed E-state index contributed by atoms with van der Waals surface area (Å²) in [7, 11) is 0. The minimum Gasteiger partial charge on any atom is -0.506 e. The zero-order chi connectivity index (χ0) is 40.2. The van der Waals surface area contributed by atoms with E-state index in [1.54, 1.807) is 0 Å². The summed E-state index contributed by atoms with van der Waals surface area (Å²) in [6, 6.07) is 13.0. The summed E-state index contributed by atoms with van der Waals surface area (Å²) in [6.07, 6.45) is 0. The van der Waals surface area contributed by atoms with Crippen molar-refractivity contribution in [1.29, 1.82) is 0 Å². The highest BCUT2D eigenvalue weighted by molar-refractivity contribution is 7.99. The Balaban J connectivity index is 2.05. The van der Waals surface area contributed by atoms with Crippen LogP contribution in [0.3, 0.4) is 0 Å². The van der Waals surface area contributed by atoms with Gasteiger partial charge in [0.25, 0.3) is 0 Å². The Morgan fingerprint density at radius 1 is 0.491 bits per heavy atom. The van der Waals surface area contributed by atoms with Crippen molar-refractivity contribution in [3.8, 4) is 45.3 Å². The summed E-state index contributed by atoms with van der Waals surface area (Å²) in [5.41, 5.74) is 11.3. The number of benzene rings is 4. The number of phenols is 2. The van der Waals surface area contributed by atoms with E-state index in [1.807, 2.05) is 13.8 Å². The molecule has 0 aliphatic rings. The Morgan fingerprint density at radius 3 is 1.08 bits per heavy atom. The van der Waals surface area contributed by atoms with Gasteiger partial charge in [-0.05, 0) is 121 Å². The van der Waals surface area contributed by atoms with Gasteiger partial charge in [-0.15, -0.1) is 0 Å². The number of aryl methyl sites for hydroxylation is 4. The van der Waals surface area contributed by atoms with Gasteiger partial charge in [-0.25, -0.2) is 0 Å². The summed E-state index contributed by atoms with van der Waals surface area (Å²) < 4.78 is 12.9. The maximum absolute atomic E-state index is 12.4. The molecule has 0 saturated heterocycles. The SMILES string of the molecule is CCOc1c(-c2c(C)cc(Sc3cc(C)c(-c4cc(C)cc(C(C)(C)C)c4OCC)c(C(C)(C)C)c3O)c(O)c2C(C)(C)C)cc(C)cc1C(C)(C)C. The topological polar surface area (TPSA) is 58.9 Å². The van der Waals surface area contributed by atoms with Gasteiger partial charge in [-0.1, -0.05) is 107 Å². The molecule has 4 rings (SSSR count). The van der Waals surface area contributed by atoms with E-state index in [9.17, 15) is 10.2 Å². The Morgan fingerprint density at radius 2 is 0.811 bits per heavy atom. The maximum atomic E-state index is 12.4. The van der Waals surface area contributed by atoms with Gasteiger partial charge in [0.1, 0.15) is 23.0 Å². The molecule has 2 N–H and O–H groups in total. The van der Waals surface area contributed by atoms with Crippen LogP contribution in [0.25, 0.3) is 22.3 Å². The summed E-state index contributed by atoms with van der Waals surface area (Å²) in [5, 5.41) is 24.7. The van der Waals surface area contributed by atoms with Crippen molar-refractivity contribution < 1.29 is 19.7 Å². The average molecular weight is 739 g/mol. The first-order valence-electron chi connectivity index (χ1n) is 19.2. The molecule has 0 heterocycles. The summed E-state index contributed by atoms with van der Waals surface area (Å²) in [5.74, 6) is 2.20. The summed E-state index contributed by atoms with van der Waals surface area (Å²) in [4.78, 5) is 1.42. The Bertz CT molecular complexity index is 1860. The van der Waals surface area contributed by atoms with E-state index >= 15 is 0 Å². The quantitative estimate of drug-likeness (QED) is 0.188. The molecule has 0 fully saturated rings. The van der Waals surface area contributed by atoms with Crippen LogP contribution < -0.4 is 9.47 Å². The van der Waals surface area contributed by atoms with Crippen molar-refractivity contribution in [1.82, 2.24) is 0 Å². The molecular weight excluding hydrogens is 673 g/mol. The zero-order valence-corrected chi connectivity index (χ0v) is 36.8. The zero-order valence-electron chi connectivity index (χ0n) is 36.0. The Hall–Kier alpha value is -3.57. The number of hydrogen-bond donors (Lipinski definition) is 2. The second kappa shape index (κ2) is 14.9. The Labute approximate surface area is 325 Å². The van der Waals surface area contributed by atoms with Gasteiger partial charge in [-0.2, -0.15) is 0 Å². The molecule has 0 bridgehead atoms. The lowest BCUT2D eigenvalue weighted by Gasteiger charge is -2.31. The standard InChI is InChI=1S/C48H66O4S/c1-19-51-43-31(21-27(3)23-33(43)45(7,8)9)37-29(5)25-35(41(49)39(37)47(13,14)15)53-36-26-30(6)38(40(42(36)50)48(16,17)18)32-22-28(4)24-34(46(10,11)12)44(32)52-20-2/h21-26,49-50H,19-20H2,1-18H3. The van der Waals surface area contributed by atoms with Gasteiger partial charge in [0.05, 0.1) is 23.0 Å². The minimum atomic E-state index is -0.403. The molecule has 0 aliphatic carbocycles. The molecule has 0 spiro atoms. The van der Waals surface area contributed by atoms with E-state index in [-0.39, 0.29) is 22.3 Å². The maximum Gasteiger partial charge on any atom is 0.133 e. The number of hydrogen-bond acceptors (Lipinski definition) is 5. The van der Waals surface area contributed by atoms with Crippen molar-refractivity contribution >= 4 is 11.8 Å². The first-order chi connectivity index (χ1) is 24.2. The van der Waals surface area contributed by atoms with Crippen molar-refractivity contribution in [3.63, 3.8) is 0 Å². The van der Waals surface area contributed by atoms with Crippen LogP contribution in [0.4, 0.5) is 0 Å². The monoisotopic (exact) mass is 738 g/mol. The predicted molar refractivity (Wildman–Crippen MR) is 227 cm³/mol. The van der Waals surface area contributed by atoms with E-state index in [0.717, 1.165) is 78.3 Å². The van der Waals surface area contributed by atoms with Gasteiger partial charge >= 0.3 is 0 Å². The Kier molecular flexibility index (Phi) is 11.9. The van der Waals surface area contributed by atoms with Crippen LogP contribution in [0.5, 0.6) is 23.0 Å². The van der Waals surface area contributed by atoms with Gasteiger partial charge in [0, 0.05) is 33.4 Å². The largest absolute Gasteiger partial charge is 0.506 e. The molecule has 0 amide bonds. The highest BCUT2D eigenvalue weighted by Crippen LogP contribution is 2.55. The average Bonchev–Trinajstić information content (AvgIpc) is 2.99. The molecule has 53 heavy (non-hydrogen) atoms. The van der Waals surface area contributed by atoms with Gasteiger partial charge < -0.3 is 19.7 Å². The van der Waals surface area contributed by atoms with Crippen LogP contribution in [-0.2, 0) is 21.7 Å². The van der Waals surface area contributed by atoms with E-state index in [0.29, 0.717) is 23.0 Å². The van der Waals surface area contributed by atoms with Gasteiger partial charge in [0.15, 0.2) is 0 Å². The third-order valence-electron chi connectivity index (χ3n) is 9.84. The first kappa shape index (κ1) is 42.2. The van der Waals surface area contributed by atoms with Gasteiger partial charge in [0.2, 0.25) is 0 Å². The van der Waals surface area contributed by atoms with Crippen LogP contribution in [0.2, 0.25) is 0 Å². The second-order valence-corrected chi connectivity index (χ2v) is 20.0. The molecule has 0 atom stereocenters. The third kappa shape index (κ3) is 8.56. The van der Waals surface area contributed by atoms with Gasteiger partial charge in [-0.3, -0.25) is 0 Å². The van der Waals surface area contributed by atoms with Crippen LogP contribution in [-0.4, -0.2) is 23.4 Å². The van der Waals surface area contributed by atoms with Crippen LogP contribution in [0.15, 0.2) is 46.2 Å². The number of rotatable bonds is 8. The lowest BCUT2D eigenvalue weighted by Crippen LogP contribution is -2.17. The molecule has 4 aromatic rings. The van der Waals surface area contributed by atoms with E-state index in [2.05, 4.69) is 147 Å². The lowest BCUT2D eigenvalue weighted by atomic mass is 9.77. The fourth-order valence-corrected chi connectivity index (χ4v) is 8.72. The number of phenolic OH excluding ortho intramolecular Hbond substituents is 2. The molecule has 0 aromatic heterocycles. The summed E-state index contributed by atoms with van der Waals surface area (Å²) in [6.45, 7) is 39.8. The number of ether oxygens (including phenoxy) is 2. The second-order valence-electron chi connectivity index (χ2n) is 18.9. The smallest absolute Gasteiger partial charge is 0.133 e. The lowest BCUT2D eigenvalue weighted by molar-refractivity contribution is 0.331. The van der Waals surface area contributed by atoms with Crippen LogP contribution in [0, 0.1) is 27.7 Å². The molecule has 0 saturated carbocycles. The molecule has 4 nitrogen and oxygen atoms in total. The molecule has 0 aliphatic heterocycles. The fourth-order valence-electron chi connectivity index (χ4n) is 7.61. The molecular formula is C48H66O4S. The molecule has 288 valence electrons. The summed E-state index contributed by atoms with van der Waals surface area (Å²) >= 11 is 1.43. The highest BCUT2D eigenvalue weighted by atomic mass is 32.2. The number of aromatic hydroxyl groups is 2. The fraction of sp³-hybridized carbons (Fsp3) is 0.500. The predicted octanol–water partition coefficient (Wildman–Crippen LogP) is 13.8. The van der Waals surface area contributed by atoms with Crippen molar-refractivity contribution in [2.75, 3.05) is 13.2 Å². The van der Waals surface area contributed by atoms with E-state index in [1.165, 1.54) is 11.8 Å². The minimum absolute atomic E-state index is 0.137. The van der Waals surface area contributed by atoms with E-state index < -0.39 is 10.8 Å². The first-order valence-corrected chi connectivity index (χ1v) is 20.0.